The fourth-order valence-corrected chi connectivity index (χ4v) is 5.07. The second-order valence-corrected chi connectivity index (χ2v) is 9.15. The van der Waals surface area contributed by atoms with Gasteiger partial charge in [0.15, 0.2) is 0 Å². The minimum absolute atomic E-state index is 0.00555. The fourth-order valence-electron chi connectivity index (χ4n) is 5.07. The highest BCUT2D eigenvalue weighted by Gasteiger charge is 2.43. The Balaban J connectivity index is 1.13. The summed E-state index contributed by atoms with van der Waals surface area (Å²) in [5, 5.41) is 4.18. The van der Waals surface area contributed by atoms with E-state index in [9.17, 15) is 4.79 Å². The molecule has 1 aromatic carbocycles. The van der Waals surface area contributed by atoms with Gasteiger partial charge in [-0.2, -0.15) is 9.78 Å². The van der Waals surface area contributed by atoms with Crippen molar-refractivity contribution in [1.29, 1.82) is 0 Å². The average Bonchev–Trinajstić information content (AvgIpc) is 3.50. The molecule has 5 rings (SSSR count). The third-order valence-electron chi connectivity index (χ3n) is 6.75. The Morgan fingerprint density at radius 2 is 1.84 bits per heavy atom. The van der Waals surface area contributed by atoms with Crippen LogP contribution in [0, 0.1) is 18.8 Å². The predicted molar refractivity (Wildman–Crippen MR) is 122 cm³/mol. The largest absolute Gasteiger partial charge is 0.456 e. The van der Waals surface area contributed by atoms with E-state index in [2.05, 4.69) is 34.2 Å². The van der Waals surface area contributed by atoms with Gasteiger partial charge in [0.2, 0.25) is 0 Å². The maximum atomic E-state index is 12.7. The van der Waals surface area contributed by atoms with Crippen LogP contribution in [-0.4, -0.2) is 56.8 Å². The number of aryl methyl sites for hydroxylation is 1. The molecule has 32 heavy (non-hydrogen) atoms. The molecule has 0 N–H and O–H groups in total. The van der Waals surface area contributed by atoms with Gasteiger partial charge in [0.1, 0.15) is 11.5 Å². The molecule has 2 aromatic heterocycles. The number of hydrogen-bond donors (Lipinski definition) is 0. The van der Waals surface area contributed by atoms with E-state index in [0.717, 1.165) is 49.5 Å². The Kier molecular flexibility index (Phi) is 5.66. The highest BCUT2D eigenvalue weighted by molar-refractivity contribution is 5.76. The first-order valence-corrected chi connectivity index (χ1v) is 11.2. The van der Waals surface area contributed by atoms with Crippen LogP contribution in [0.1, 0.15) is 24.0 Å². The van der Waals surface area contributed by atoms with Crippen molar-refractivity contribution in [2.24, 2.45) is 11.8 Å². The summed E-state index contributed by atoms with van der Waals surface area (Å²) in [5.41, 5.74) is 2.28. The number of carbonyl (C=O) groups excluding carboxylic acids is 1. The number of carbonyl (C=O) groups is 1. The molecule has 7 heteroatoms. The molecule has 1 aliphatic heterocycles. The molecule has 1 saturated heterocycles. The zero-order chi connectivity index (χ0) is 22.1. The van der Waals surface area contributed by atoms with Crippen molar-refractivity contribution in [2.45, 2.75) is 32.4 Å². The summed E-state index contributed by atoms with van der Waals surface area (Å²) >= 11 is 0. The van der Waals surface area contributed by atoms with Crippen molar-refractivity contribution in [3.63, 3.8) is 0 Å². The zero-order valence-electron chi connectivity index (χ0n) is 18.6. The molecule has 1 unspecified atom stereocenters. The van der Waals surface area contributed by atoms with Crippen LogP contribution < -0.4 is 4.74 Å². The average molecular weight is 432 g/mol. The molecule has 3 aromatic rings. The lowest BCUT2D eigenvalue weighted by Gasteiger charge is -2.26. The number of ether oxygens (including phenoxy) is 1. The van der Waals surface area contributed by atoms with Gasteiger partial charge < -0.3 is 9.64 Å². The first-order chi connectivity index (χ1) is 15.5. The highest BCUT2D eigenvalue weighted by atomic mass is 16.5. The van der Waals surface area contributed by atoms with Gasteiger partial charge in [-0.25, -0.2) is 4.79 Å². The first kappa shape index (κ1) is 20.7. The lowest BCUT2D eigenvalue weighted by Crippen LogP contribution is -2.36. The van der Waals surface area contributed by atoms with Crippen LogP contribution in [0.2, 0.25) is 0 Å². The van der Waals surface area contributed by atoms with E-state index in [1.54, 1.807) is 24.8 Å². The van der Waals surface area contributed by atoms with E-state index in [4.69, 9.17) is 4.74 Å². The first-order valence-electron chi connectivity index (χ1n) is 11.2. The Morgan fingerprint density at radius 3 is 2.47 bits per heavy atom. The van der Waals surface area contributed by atoms with Gasteiger partial charge in [0.05, 0.1) is 12.4 Å². The molecule has 1 saturated carbocycles. The van der Waals surface area contributed by atoms with E-state index < -0.39 is 0 Å². The maximum Gasteiger partial charge on any atom is 0.344 e. The van der Waals surface area contributed by atoms with E-state index in [1.807, 2.05) is 36.1 Å². The number of nitrogens with zero attached hydrogens (tertiary/aromatic N) is 5. The summed E-state index contributed by atoms with van der Waals surface area (Å²) in [6.07, 6.45) is 9.27. The number of benzene rings is 1. The van der Waals surface area contributed by atoms with Crippen molar-refractivity contribution < 1.29 is 9.53 Å². The van der Waals surface area contributed by atoms with Gasteiger partial charge >= 0.3 is 6.03 Å². The van der Waals surface area contributed by atoms with E-state index >= 15 is 0 Å². The van der Waals surface area contributed by atoms with Crippen molar-refractivity contribution in [2.75, 3.05) is 20.1 Å². The monoisotopic (exact) mass is 431 g/mol. The number of hydrogen-bond acceptors (Lipinski definition) is 5. The van der Waals surface area contributed by atoms with E-state index in [1.165, 1.54) is 10.2 Å². The molecular formula is C25H29N5O2. The number of aromatic nitrogens is 3. The third kappa shape index (κ3) is 4.39. The van der Waals surface area contributed by atoms with Gasteiger partial charge in [0, 0.05) is 38.1 Å². The number of likely N-dealkylation sites (tertiary alicyclic amines) is 1. The lowest BCUT2D eigenvalue weighted by atomic mass is 10.0. The van der Waals surface area contributed by atoms with Gasteiger partial charge in [-0.15, -0.1) is 0 Å². The van der Waals surface area contributed by atoms with Gasteiger partial charge in [-0.05, 0) is 74.0 Å². The zero-order valence-corrected chi connectivity index (χ0v) is 18.6. The molecule has 0 radical (unpaired) electrons. The molecule has 166 valence electrons. The summed E-state index contributed by atoms with van der Waals surface area (Å²) in [4.78, 5) is 21.2. The van der Waals surface area contributed by atoms with Crippen molar-refractivity contribution in [3.8, 4) is 11.5 Å². The highest BCUT2D eigenvalue weighted by Crippen LogP contribution is 2.40. The number of fused-ring (bicyclic) bond motifs is 1. The lowest BCUT2D eigenvalue weighted by molar-refractivity contribution is 0.192. The third-order valence-corrected chi connectivity index (χ3v) is 6.75. The topological polar surface area (TPSA) is 63.5 Å². The van der Waals surface area contributed by atoms with Crippen LogP contribution in [0.5, 0.6) is 11.5 Å². The molecular weight excluding hydrogens is 402 g/mol. The molecule has 0 spiro atoms. The predicted octanol–water partition coefficient (Wildman–Crippen LogP) is 4.19. The Morgan fingerprint density at radius 1 is 1.09 bits per heavy atom. The minimum Gasteiger partial charge on any atom is -0.456 e. The van der Waals surface area contributed by atoms with E-state index in [-0.39, 0.29) is 6.03 Å². The Bertz CT molecular complexity index is 1050. The molecule has 3 atom stereocenters. The van der Waals surface area contributed by atoms with Crippen LogP contribution in [0.4, 0.5) is 4.79 Å². The Hall–Kier alpha value is -3.19. The van der Waals surface area contributed by atoms with Crippen LogP contribution >= 0.6 is 0 Å². The van der Waals surface area contributed by atoms with E-state index in [0.29, 0.717) is 17.9 Å². The quantitative estimate of drug-likeness (QED) is 0.606. The number of pyridine rings is 1. The number of amides is 1. The molecule has 0 bridgehead atoms. The normalized spacial score (nSPS) is 22.3. The van der Waals surface area contributed by atoms with Crippen LogP contribution in [0.15, 0.2) is 61.2 Å². The molecule has 1 aliphatic carbocycles. The van der Waals surface area contributed by atoms with Gasteiger partial charge in [-0.3, -0.25) is 9.88 Å². The van der Waals surface area contributed by atoms with Crippen molar-refractivity contribution in [3.05, 3.63) is 72.3 Å². The van der Waals surface area contributed by atoms with Gasteiger partial charge in [0.25, 0.3) is 0 Å². The summed E-state index contributed by atoms with van der Waals surface area (Å²) in [6.45, 7) is 4.55. The smallest absolute Gasteiger partial charge is 0.344 e. The molecule has 1 amide bonds. The summed E-state index contributed by atoms with van der Waals surface area (Å²) < 4.78 is 7.31. The van der Waals surface area contributed by atoms with Crippen LogP contribution in [0.25, 0.3) is 0 Å². The SMILES string of the molecule is Cc1cnn(C(=O)N2C[C@H]3CC(N(C)Cc4ccc(Oc5cccnc5)cc4)C[C@H]3C2)c1. The summed E-state index contributed by atoms with van der Waals surface area (Å²) in [5.74, 6) is 2.72. The second kappa shape index (κ2) is 8.74. The fraction of sp³-hybridized carbons (Fsp3) is 0.400. The minimum atomic E-state index is 0.00555. The standard InChI is InChI=1S/C25H29N5O2/c1-18-12-27-30(14-18)25(31)29-16-20-10-22(11-21(20)17-29)28(2)15-19-5-7-23(8-6-19)32-24-4-3-9-26-13-24/h3-9,12-14,20-22H,10-11,15-17H2,1-2H3/t20-,21+,22?. The molecule has 2 fully saturated rings. The number of rotatable bonds is 5. The maximum absolute atomic E-state index is 12.7. The van der Waals surface area contributed by atoms with Crippen LogP contribution in [-0.2, 0) is 6.54 Å². The van der Waals surface area contributed by atoms with Gasteiger partial charge in [-0.1, -0.05) is 12.1 Å². The van der Waals surface area contributed by atoms with Crippen molar-refractivity contribution >= 4 is 6.03 Å². The Labute approximate surface area is 188 Å². The van der Waals surface area contributed by atoms with Crippen LogP contribution in [0.3, 0.4) is 0 Å². The summed E-state index contributed by atoms with van der Waals surface area (Å²) in [7, 11) is 2.21. The molecule has 2 aliphatic rings. The molecule has 3 heterocycles. The molecule has 7 nitrogen and oxygen atoms in total. The summed E-state index contributed by atoms with van der Waals surface area (Å²) in [6, 6.07) is 12.6. The second-order valence-electron chi connectivity index (χ2n) is 9.15. The van der Waals surface area contributed by atoms with Crippen molar-refractivity contribution in [1.82, 2.24) is 24.6 Å².